The molecule has 1 heterocycles. The van der Waals surface area contributed by atoms with Crippen molar-refractivity contribution in [2.45, 2.75) is 18.4 Å². The topological polar surface area (TPSA) is 95.9 Å². The van der Waals surface area contributed by atoms with Crippen LogP contribution < -0.4 is 5.32 Å². The summed E-state index contributed by atoms with van der Waals surface area (Å²) in [6.07, 6.45) is 0.0252. The van der Waals surface area contributed by atoms with E-state index >= 15 is 0 Å². The number of likely N-dealkylation sites (tertiary alicyclic amines) is 1. The molecule has 2 aliphatic rings. The first-order valence-electron chi connectivity index (χ1n) is 10.2. The van der Waals surface area contributed by atoms with Gasteiger partial charge in [0, 0.05) is 24.8 Å². The summed E-state index contributed by atoms with van der Waals surface area (Å²) in [6.45, 7) is 1.13. The first kappa shape index (κ1) is 21.2. The number of hydrogen-bond acceptors (Lipinski definition) is 5. The fourth-order valence-corrected chi connectivity index (χ4v) is 4.79. The second-order valence-electron chi connectivity index (χ2n) is 7.53. The van der Waals surface area contributed by atoms with E-state index in [1.807, 2.05) is 24.3 Å². The number of fused-ring (bicyclic) bond motifs is 3. The van der Waals surface area contributed by atoms with Crippen LogP contribution in [-0.4, -0.2) is 65.2 Å². The Morgan fingerprint density at radius 1 is 1.06 bits per heavy atom. The van der Waals surface area contributed by atoms with E-state index in [1.165, 1.54) is 27.8 Å². The van der Waals surface area contributed by atoms with Crippen molar-refractivity contribution in [3.63, 3.8) is 0 Å². The minimum Gasteiger partial charge on any atom is -0.480 e. The van der Waals surface area contributed by atoms with E-state index in [0.717, 1.165) is 11.1 Å². The number of hydrogen-bond donors (Lipinski definition) is 2. The number of rotatable bonds is 8. The highest BCUT2D eigenvalue weighted by atomic mass is 32.2. The first-order valence-corrected chi connectivity index (χ1v) is 11.4. The Kier molecular flexibility index (Phi) is 6.46. The van der Waals surface area contributed by atoms with E-state index in [2.05, 4.69) is 29.6 Å². The minimum atomic E-state index is -0.957. The van der Waals surface area contributed by atoms with Gasteiger partial charge in [-0.25, -0.2) is 9.59 Å². The molecule has 4 rings (SSSR count). The summed E-state index contributed by atoms with van der Waals surface area (Å²) in [4.78, 5) is 36.5. The van der Waals surface area contributed by atoms with Crippen molar-refractivity contribution in [1.29, 1.82) is 0 Å². The molecule has 2 amide bonds. The number of ether oxygens (including phenoxy) is 1. The van der Waals surface area contributed by atoms with E-state index < -0.39 is 18.1 Å². The number of nitrogens with zero attached hydrogens (tertiary/aromatic N) is 1. The van der Waals surface area contributed by atoms with Gasteiger partial charge in [0.1, 0.15) is 12.6 Å². The van der Waals surface area contributed by atoms with Crippen molar-refractivity contribution in [2.24, 2.45) is 0 Å². The van der Waals surface area contributed by atoms with Crippen LogP contribution in [0.2, 0.25) is 0 Å². The summed E-state index contributed by atoms with van der Waals surface area (Å²) in [5.74, 6) is -0.368. The molecule has 1 aliphatic carbocycles. The highest BCUT2D eigenvalue weighted by Crippen LogP contribution is 2.44. The summed E-state index contributed by atoms with van der Waals surface area (Å²) in [6, 6.07) is 15.6. The van der Waals surface area contributed by atoms with Gasteiger partial charge < -0.3 is 20.1 Å². The predicted molar refractivity (Wildman–Crippen MR) is 118 cm³/mol. The molecule has 1 atom stereocenters. The summed E-state index contributed by atoms with van der Waals surface area (Å²) in [5.41, 5.74) is 4.69. The van der Waals surface area contributed by atoms with Gasteiger partial charge in [-0.15, -0.1) is 0 Å². The van der Waals surface area contributed by atoms with Gasteiger partial charge >= 0.3 is 12.1 Å². The Morgan fingerprint density at radius 2 is 1.71 bits per heavy atom. The maximum atomic E-state index is 12.1. The number of carbonyl (C=O) groups is 3. The zero-order chi connectivity index (χ0) is 21.8. The molecule has 7 nitrogen and oxygen atoms in total. The number of thioether (sulfide) groups is 1. The molecule has 2 aromatic rings. The Bertz CT molecular complexity index is 950. The quantitative estimate of drug-likeness (QED) is 0.613. The molecule has 31 heavy (non-hydrogen) atoms. The fraction of sp³-hybridized carbons (Fsp3) is 0.348. The maximum Gasteiger partial charge on any atom is 0.407 e. The molecule has 2 aromatic carbocycles. The number of nitrogens with one attached hydrogen (secondary N) is 1. The van der Waals surface area contributed by atoms with Crippen LogP contribution in [0.1, 0.15) is 23.5 Å². The van der Waals surface area contributed by atoms with Crippen molar-refractivity contribution < 1.29 is 24.2 Å². The molecule has 0 radical (unpaired) electrons. The zero-order valence-corrected chi connectivity index (χ0v) is 17.8. The SMILES string of the molecule is O=C(NCCSCC(=O)N1CCC1C(=O)O)OCC1c2ccccc2-c2ccccc21. The molecule has 0 saturated carbocycles. The van der Waals surface area contributed by atoms with Crippen LogP contribution in [0.15, 0.2) is 48.5 Å². The number of carbonyl (C=O) groups excluding carboxylic acids is 2. The molecule has 1 aliphatic heterocycles. The molecule has 0 spiro atoms. The second-order valence-corrected chi connectivity index (χ2v) is 8.64. The van der Waals surface area contributed by atoms with E-state index in [1.54, 1.807) is 0 Å². The third kappa shape index (κ3) is 4.54. The molecular formula is C23H24N2O5S. The van der Waals surface area contributed by atoms with Crippen molar-refractivity contribution >= 4 is 29.7 Å². The Morgan fingerprint density at radius 3 is 2.29 bits per heavy atom. The summed E-state index contributed by atoms with van der Waals surface area (Å²) < 4.78 is 5.47. The van der Waals surface area contributed by atoms with E-state index in [9.17, 15) is 14.4 Å². The van der Waals surface area contributed by atoms with E-state index in [0.29, 0.717) is 25.3 Å². The third-order valence-electron chi connectivity index (χ3n) is 5.71. The van der Waals surface area contributed by atoms with Crippen LogP contribution >= 0.6 is 11.8 Å². The monoisotopic (exact) mass is 440 g/mol. The van der Waals surface area contributed by atoms with Crippen LogP contribution in [0.25, 0.3) is 11.1 Å². The molecule has 1 unspecified atom stereocenters. The second kappa shape index (κ2) is 9.43. The van der Waals surface area contributed by atoms with E-state index in [-0.39, 0.29) is 24.2 Å². The van der Waals surface area contributed by atoms with E-state index in [4.69, 9.17) is 9.84 Å². The number of carboxylic acids is 1. The lowest BCUT2D eigenvalue weighted by Crippen LogP contribution is -2.55. The van der Waals surface area contributed by atoms with Crippen LogP contribution in [0.3, 0.4) is 0 Å². The third-order valence-corrected chi connectivity index (χ3v) is 6.65. The van der Waals surface area contributed by atoms with Gasteiger partial charge in [0.2, 0.25) is 5.91 Å². The average molecular weight is 441 g/mol. The van der Waals surface area contributed by atoms with Gasteiger partial charge in [0.25, 0.3) is 0 Å². The predicted octanol–water partition coefficient (Wildman–Crippen LogP) is 2.94. The first-order chi connectivity index (χ1) is 15.1. The fourth-order valence-electron chi connectivity index (χ4n) is 4.06. The lowest BCUT2D eigenvalue weighted by molar-refractivity contribution is -0.155. The van der Waals surface area contributed by atoms with Crippen molar-refractivity contribution in [3.05, 3.63) is 59.7 Å². The largest absolute Gasteiger partial charge is 0.480 e. The van der Waals surface area contributed by atoms with Gasteiger partial charge in [-0.3, -0.25) is 4.79 Å². The Balaban J connectivity index is 1.19. The molecule has 1 saturated heterocycles. The van der Waals surface area contributed by atoms with Crippen molar-refractivity contribution in [3.8, 4) is 11.1 Å². The number of alkyl carbamates (subject to hydrolysis) is 1. The molecular weight excluding hydrogens is 416 g/mol. The molecule has 0 bridgehead atoms. The Hall–Kier alpha value is -3.00. The van der Waals surface area contributed by atoms with Crippen molar-refractivity contribution in [2.75, 3.05) is 31.2 Å². The summed E-state index contributed by atoms with van der Waals surface area (Å²) >= 11 is 1.37. The van der Waals surface area contributed by atoms with Crippen molar-refractivity contribution in [1.82, 2.24) is 10.2 Å². The summed E-state index contributed by atoms with van der Waals surface area (Å²) in [7, 11) is 0. The number of aliphatic carboxylic acids is 1. The Labute approximate surface area is 184 Å². The summed E-state index contributed by atoms with van der Waals surface area (Å²) in [5, 5.41) is 11.7. The average Bonchev–Trinajstić information content (AvgIpc) is 3.04. The smallest absolute Gasteiger partial charge is 0.407 e. The number of benzene rings is 2. The lowest BCUT2D eigenvalue weighted by Gasteiger charge is -2.37. The lowest BCUT2D eigenvalue weighted by atomic mass is 9.98. The van der Waals surface area contributed by atoms with Gasteiger partial charge in [-0.2, -0.15) is 11.8 Å². The van der Waals surface area contributed by atoms with Gasteiger partial charge in [0.05, 0.1) is 5.75 Å². The standard InChI is InChI=1S/C23H24N2O5S/c26-21(25-11-9-20(25)22(27)28)14-31-12-10-24-23(29)30-13-19-17-7-3-1-5-15(17)16-6-2-4-8-18(16)19/h1-8,19-20H,9-14H2,(H,24,29)(H,27,28). The van der Waals surface area contributed by atoms with Crippen LogP contribution in [0, 0.1) is 0 Å². The molecule has 0 aromatic heterocycles. The maximum absolute atomic E-state index is 12.1. The molecule has 2 N–H and O–H groups in total. The van der Waals surface area contributed by atoms with Gasteiger partial charge in [-0.1, -0.05) is 48.5 Å². The molecule has 1 fully saturated rings. The highest BCUT2D eigenvalue weighted by molar-refractivity contribution is 7.99. The van der Waals surface area contributed by atoms with Crippen LogP contribution in [0.5, 0.6) is 0 Å². The normalized spacial score (nSPS) is 16.8. The highest BCUT2D eigenvalue weighted by Gasteiger charge is 2.37. The van der Waals surface area contributed by atoms with Gasteiger partial charge in [0.15, 0.2) is 0 Å². The molecule has 162 valence electrons. The number of amides is 2. The molecule has 8 heteroatoms. The number of carboxylic acid groups (broad SMARTS) is 1. The minimum absolute atomic E-state index is 0.0175. The van der Waals surface area contributed by atoms with Crippen LogP contribution in [0.4, 0.5) is 4.79 Å². The van der Waals surface area contributed by atoms with Crippen LogP contribution in [-0.2, 0) is 14.3 Å². The zero-order valence-electron chi connectivity index (χ0n) is 17.0. The van der Waals surface area contributed by atoms with Gasteiger partial charge in [-0.05, 0) is 28.7 Å².